The van der Waals surface area contributed by atoms with E-state index in [0.717, 1.165) is 12.1 Å². The summed E-state index contributed by atoms with van der Waals surface area (Å²) in [6, 6.07) is 4.61. The third kappa shape index (κ3) is 4.64. The minimum Gasteiger partial charge on any atom is -0.507 e. The number of carbonyl (C=O) groups excluding carboxylic acids is 1. The van der Waals surface area contributed by atoms with Gasteiger partial charge in [0.15, 0.2) is 11.6 Å². The molecule has 0 saturated carbocycles. The molecule has 0 saturated heterocycles. The van der Waals surface area contributed by atoms with Crippen LogP contribution in [0.15, 0.2) is 35.7 Å². The molecule has 2 aromatic carbocycles. The highest BCUT2D eigenvalue weighted by molar-refractivity contribution is 7.15. The second-order valence-corrected chi connectivity index (χ2v) is 7.28. The molecular weight excluding hydrogens is 461 g/mol. The summed E-state index contributed by atoms with van der Waals surface area (Å²) in [7, 11) is 0. The summed E-state index contributed by atoms with van der Waals surface area (Å²) in [4.78, 5) is 24.3. The molecular formula is C20H12F5NO5S. The SMILES string of the molecule is Cc1ccc(-c2csc(NC(=O)c3cc(OC(F)(F)F)ccc3O)c2C(=O)O)c(F)c1F. The Labute approximate surface area is 180 Å². The molecule has 0 unspecified atom stereocenters. The Morgan fingerprint density at radius 1 is 1.06 bits per heavy atom. The van der Waals surface area contributed by atoms with Gasteiger partial charge in [-0.25, -0.2) is 13.6 Å². The summed E-state index contributed by atoms with van der Waals surface area (Å²) in [5.74, 6) is -6.66. The Morgan fingerprint density at radius 3 is 2.38 bits per heavy atom. The van der Waals surface area contributed by atoms with Gasteiger partial charge in [-0.2, -0.15) is 0 Å². The summed E-state index contributed by atoms with van der Waals surface area (Å²) in [6.45, 7) is 1.32. The molecule has 3 aromatic rings. The molecule has 168 valence electrons. The van der Waals surface area contributed by atoms with E-state index in [-0.39, 0.29) is 21.7 Å². The monoisotopic (exact) mass is 473 g/mol. The quantitative estimate of drug-likeness (QED) is 0.422. The van der Waals surface area contributed by atoms with Gasteiger partial charge in [-0.15, -0.1) is 24.5 Å². The number of carbonyl (C=O) groups is 2. The highest BCUT2D eigenvalue weighted by atomic mass is 32.1. The van der Waals surface area contributed by atoms with Crippen molar-refractivity contribution in [2.75, 3.05) is 5.32 Å². The number of halogens is 5. The smallest absolute Gasteiger partial charge is 0.507 e. The highest BCUT2D eigenvalue weighted by Gasteiger charge is 2.32. The number of anilines is 1. The van der Waals surface area contributed by atoms with Crippen LogP contribution < -0.4 is 10.1 Å². The highest BCUT2D eigenvalue weighted by Crippen LogP contribution is 2.38. The normalized spacial score (nSPS) is 11.3. The fourth-order valence-corrected chi connectivity index (χ4v) is 3.73. The predicted molar refractivity (Wildman–Crippen MR) is 104 cm³/mol. The topological polar surface area (TPSA) is 95.9 Å². The lowest BCUT2D eigenvalue weighted by Gasteiger charge is -2.12. The number of carboxylic acid groups (broad SMARTS) is 1. The predicted octanol–water partition coefficient (Wildman–Crippen LogP) is 5.56. The maximum Gasteiger partial charge on any atom is 0.573 e. The van der Waals surface area contributed by atoms with E-state index in [1.807, 2.05) is 0 Å². The van der Waals surface area contributed by atoms with E-state index in [9.17, 15) is 41.8 Å². The molecule has 0 spiro atoms. The number of benzene rings is 2. The van der Waals surface area contributed by atoms with Crippen molar-refractivity contribution in [2.24, 2.45) is 0 Å². The van der Waals surface area contributed by atoms with Crippen LogP contribution in [0.1, 0.15) is 26.3 Å². The third-order valence-corrected chi connectivity index (χ3v) is 5.14. The van der Waals surface area contributed by atoms with E-state index in [1.54, 1.807) is 0 Å². The van der Waals surface area contributed by atoms with Crippen molar-refractivity contribution >= 4 is 28.2 Å². The average molecular weight is 473 g/mol. The van der Waals surface area contributed by atoms with Crippen LogP contribution in [0, 0.1) is 18.6 Å². The molecule has 3 rings (SSSR count). The van der Waals surface area contributed by atoms with E-state index in [4.69, 9.17) is 0 Å². The van der Waals surface area contributed by atoms with Gasteiger partial charge in [-0.3, -0.25) is 4.79 Å². The number of aromatic carboxylic acids is 1. The Balaban J connectivity index is 1.99. The van der Waals surface area contributed by atoms with Gasteiger partial charge in [0.1, 0.15) is 22.1 Å². The minimum absolute atomic E-state index is 0.00307. The fraction of sp³-hybridized carbons (Fsp3) is 0.100. The first-order valence-electron chi connectivity index (χ1n) is 8.59. The van der Waals surface area contributed by atoms with E-state index >= 15 is 0 Å². The van der Waals surface area contributed by atoms with Crippen molar-refractivity contribution in [3.8, 4) is 22.6 Å². The van der Waals surface area contributed by atoms with Gasteiger partial charge in [-0.05, 0) is 30.7 Å². The van der Waals surface area contributed by atoms with Crippen LogP contribution in [0.25, 0.3) is 11.1 Å². The zero-order valence-corrected chi connectivity index (χ0v) is 16.7. The summed E-state index contributed by atoms with van der Waals surface area (Å²) >= 11 is 0.666. The number of nitrogens with one attached hydrogen (secondary N) is 1. The zero-order chi connectivity index (χ0) is 23.8. The number of alkyl halides is 3. The van der Waals surface area contributed by atoms with E-state index in [2.05, 4.69) is 10.1 Å². The molecule has 1 heterocycles. The molecule has 0 aliphatic rings. The molecule has 0 atom stereocenters. The first-order valence-corrected chi connectivity index (χ1v) is 9.47. The zero-order valence-electron chi connectivity index (χ0n) is 15.9. The van der Waals surface area contributed by atoms with Crippen molar-refractivity contribution in [1.29, 1.82) is 0 Å². The van der Waals surface area contributed by atoms with Crippen LogP contribution in [-0.2, 0) is 0 Å². The van der Waals surface area contributed by atoms with Crippen molar-refractivity contribution in [3.63, 3.8) is 0 Å². The molecule has 0 radical (unpaired) electrons. The van der Waals surface area contributed by atoms with Crippen LogP contribution in [-0.4, -0.2) is 28.5 Å². The standard InChI is InChI=1S/C20H12F5NO5S/c1-8-2-4-10(16(22)15(8)21)12-7-32-18(14(12)19(29)30)26-17(28)11-6-9(3-5-13(11)27)31-20(23,24)25/h2-7,27H,1H3,(H,26,28)(H,29,30). The lowest BCUT2D eigenvalue weighted by molar-refractivity contribution is -0.274. The van der Waals surface area contributed by atoms with Gasteiger partial charge in [0, 0.05) is 16.5 Å². The number of ether oxygens (including phenoxy) is 1. The van der Waals surface area contributed by atoms with Crippen molar-refractivity contribution in [3.05, 3.63) is 64.0 Å². The van der Waals surface area contributed by atoms with Crippen molar-refractivity contribution < 1.29 is 46.5 Å². The first kappa shape index (κ1) is 23.0. The van der Waals surface area contributed by atoms with Crippen molar-refractivity contribution in [2.45, 2.75) is 13.3 Å². The lowest BCUT2D eigenvalue weighted by Crippen LogP contribution is -2.18. The Morgan fingerprint density at radius 2 is 1.75 bits per heavy atom. The van der Waals surface area contributed by atoms with Crippen LogP contribution in [0.5, 0.6) is 11.5 Å². The van der Waals surface area contributed by atoms with E-state index in [1.165, 1.54) is 24.4 Å². The van der Waals surface area contributed by atoms with Gasteiger partial charge < -0.3 is 20.3 Å². The van der Waals surface area contributed by atoms with Crippen LogP contribution in [0.4, 0.5) is 27.0 Å². The van der Waals surface area contributed by atoms with Crippen LogP contribution in [0.2, 0.25) is 0 Å². The third-order valence-electron chi connectivity index (χ3n) is 4.24. The minimum atomic E-state index is -5.04. The number of thiophene rings is 1. The number of aryl methyl sites for hydroxylation is 1. The van der Waals surface area contributed by atoms with Gasteiger partial charge in [-0.1, -0.05) is 12.1 Å². The molecule has 1 amide bonds. The molecule has 3 N–H and O–H groups in total. The Bertz CT molecular complexity index is 1220. The number of amides is 1. The van der Waals surface area contributed by atoms with E-state index in [0.29, 0.717) is 17.4 Å². The number of hydrogen-bond donors (Lipinski definition) is 3. The Hall–Kier alpha value is -3.67. The molecule has 0 fully saturated rings. The fourth-order valence-electron chi connectivity index (χ4n) is 2.78. The number of carboxylic acids is 1. The number of phenols is 1. The molecule has 0 aliphatic carbocycles. The average Bonchev–Trinajstić information content (AvgIpc) is 3.10. The van der Waals surface area contributed by atoms with Gasteiger partial charge in [0.05, 0.1) is 5.56 Å². The van der Waals surface area contributed by atoms with Gasteiger partial charge in [0.2, 0.25) is 0 Å². The maximum atomic E-state index is 14.4. The largest absolute Gasteiger partial charge is 0.573 e. The number of hydrogen-bond acceptors (Lipinski definition) is 5. The Kier molecular flexibility index (Phi) is 6.08. The molecule has 6 nitrogen and oxygen atoms in total. The van der Waals surface area contributed by atoms with Crippen molar-refractivity contribution in [1.82, 2.24) is 0 Å². The maximum absolute atomic E-state index is 14.4. The van der Waals surface area contributed by atoms with Crippen LogP contribution in [0.3, 0.4) is 0 Å². The number of phenolic OH excluding ortho intramolecular Hbond substituents is 1. The lowest BCUT2D eigenvalue weighted by atomic mass is 10.0. The second kappa shape index (κ2) is 8.46. The summed E-state index contributed by atoms with van der Waals surface area (Å²) < 4.78 is 69.2. The van der Waals surface area contributed by atoms with Gasteiger partial charge >= 0.3 is 12.3 Å². The summed E-state index contributed by atoms with van der Waals surface area (Å²) in [6.07, 6.45) is -5.04. The second-order valence-electron chi connectivity index (χ2n) is 6.40. The molecule has 32 heavy (non-hydrogen) atoms. The number of rotatable bonds is 5. The molecule has 1 aromatic heterocycles. The first-order chi connectivity index (χ1) is 14.9. The number of aromatic hydroxyl groups is 1. The molecule has 0 bridgehead atoms. The summed E-state index contributed by atoms with van der Waals surface area (Å²) in [5, 5.41) is 22.4. The molecule has 0 aliphatic heterocycles. The van der Waals surface area contributed by atoms with Gasteiger partial charge in [0.25, 0.3) is 5.91 Å². The van der Waals surface area contributed by atoms with E-state index < -0.39 is 52.5 Å². The summed E-state index contributed by atoms with van der Waals surface area (Å²) in [5.41, 5.74) is -1.76. The van der Waals surface area contributed by atoms with Crippen LogP contribution >= 0.6 is 11.3 Å². The molecule has 12 heteroatoms.